The molecule has 0 atom stereocenters. The van der Waals surface area contributed by atoms with Gasteiger partial charge in [0.2, 0.25) is 0 Å². The normalized spacial score (nSPS) is 10.5. The highest BCUT2D eigenvalue weighted by molar-refractivity contribution is 5.37. The smallest absolute Gasteiger partial charge is 0.0129 e. The summed E-state index contributed by atoms with van der Waals surface area (Å²) in [6.07, 6.45) is 0. The van der Waals surface area contributed by atoms with Gasteiger partial charge in [-0.25, -0.2) is 0 Å². The highest BCUT2D eigenvalue weighted by atomic mass is 14.2. The molecule has 0 heterocycles. The molecule has 1 aromatic carbocycles. The van der Waals surface area contributed by atoms with Crippen molar-refractivity contribution in [3.8, 4) is 0 Å². The van der Waals surface area contributed by atoms with Crippen LogP contribution in [0.4, 0.5) is 0 Å². The van der Waals surface area contributed by atoms with Gasteiger partial charge in [-0.3, -0.25) is 0 Å². The number of hydrogen-bond donors (Lipinski definition) is 0. The molecule has 1 aromatic rings. The van der Waals surface area contributed by atoms with E-state index in [1.165, 1.54) is 16.7 Å². The zero-order valence-corrected chi connectivity index (χ0v) is 10.7. The van der Waals surface area contributed by atoms with E-state index in [1.54, 1.807) is 0 Å². The topological polar surface area (TPSA) is 0 Å². The van der Waals surface area contributed by atoms with Crippen molar-refractivity contribution in [2.24, 2.45) is 0 Å². The Morgan fingerprint density at radius 1 is 0.929 bits per heavy atom. The summed E-state index contributed by atoms with van der Waals surface area (Å²) in [6.45, 7) is 15.2. The first-order chi connectivity index (χ1) is 6.43. The van der Waals surface area contributed by atoms with Crippen LogP contribution in [0, 0.1) is 13.8 Å². The second kappa shape index (κ2) is 5.19. The Balaban J connectivity index is 0.000000791. The number of benzene rings is 1. The Kier molecular flexibility index (Phi) is 4.90. The monoisotopic (exact) mass is 192 g/mol. The molecule has 14 heavy (non-hydrogen) atoms. The van der Waals surface area contributed by atoms with Gasteiger partial charge in [0.15, 0.2) is 0 Å². The van der Waals surface area contributed by atoms with Crippen molar-refractivity contribution in [2.45, 2.75) is 53.9 Å². The lowest BCUT2D eigenvalue weighted by molar-refractivity contribution is 0.585. The van der Waals surface area contributed by atoms with Gasteiger partial charge in [0.25, 0.3) is 0 Å². The van der Waals surface area contributed by atoms with Gasteiger partial charge in [0, 0.05) is 0 Å². The second-order valence-corrected chi connectivity index (χ2v) is 4.50. The molecular formula is C14H24. The maximum absolute atomic E-state index is 2.26. The van der Waals surface area contributed by atoms with Gasteiger partial charge in [-0.2, -0.15) is 0 Å². The lowest BCUT2D eigenvalue weighted by Crippen LogP contribution is -2.13. The van der Waals surface area contributed by atoms with Gasteiger partial charge in [0.05, 0.1) is 0 Å². The number of rotatable bonds is 0. The molecular weight excluding hydrogens is 168 g/mol. The molecule has 0 heteroatoms. The van der Waals surface area contributed by atoms with Crippen molar-refractivity contribution in [1.29, 1.82) is 0 Å². The molecule has 0 fully saturated rings. The predicted octanol–water partition coefficient (Wildman–Crippen LogP) is 4.63. The predicted molar refractivity (Wildman–Crippen MR) is 66.0 cm³/mol. The fraction of sp³-hybridized carbons (Fsp3) is 0.571. The molecule has 0 nitrogen and oxygen atoms in total. The standard InChI is InChI=1S/C12H18.C2H6/c1-9-7-6-8-11(10(9)2)12(3,4)5;1-2/h6-8H,1-5H3;1-2H3. The Hall–Kier alpha value is -0.780. The van der Waals surface area contributed by atoms with Crippen molar-refractivity contribution in [2.75, 3.05) is 0 Å². The molecule has 0 aliphatic heterocycles. The highest BCUT2D eigenvalue weighted by Crippen LogP contribution is 2.26. The minimum absolute atomic E-state index is 0.274. The number of hydrogen-bond acceptors (Lipinski definition) is 0. The molecule has 0 amide bonds. The third-order valence-electron chi connectivity index (χ3n) is 2.41. The molecule has 0 radical (unpaired) electrons. The Bertz CT molecular complexity index is 277. The zero-order chi connectivity index (χ0) is 11.4. The van der Waals surface area contributed by atoms with E-state index in [2.05, 4.69) is 52.8 Å². The third-order valence-corrected chi connectivity index (χ3v) is 2.41. The summed E-state index contributed by atoms with van der Waals surface area (Å²) < 4.78 is 0. The maximum Gasteiger partial charge on any atom is -0.0129 e. The van der Waals surface area contributed by atoms with Crippen LogP contribution in [-0.2, 0) is 5.41 Å². The molecule has 1 rings (SSSR count). The Labute approximate surface area is 89.4 Å². The van der Waals surface area contributed by atoms with E-state index < -0.39 is 0 Å². The highest BCUT2D eigenvalue weighted by Gasteiger charge is 2.15. The lowest BCUT2D eigenvalue weighted by atomic mass is 9.83. The summed E-state index contributed by atoms with van der Waals surface area (Å²) in [5.74, 6) is 0. The molecule has 0 aliphatic carbocycles. The summed E-state index contributed by atoms with van der Waals surface area (Å²) >= 11 is 0. The fourth-order valence-corrected chi connectivity index (χ4v) is 1.56. The molecule has 0 aliphatic rings. The first kappa shape index (κ1) is 13.2. The summed E-state index contributed by atoms with van der Waals surface area (Å²) in [6, 6.07) is 6.54. The van der Waals surface area contributed by atoms with Gasteiger partial charge >= 0.3 is 0 Å². The van der Waals surface area contributed by atoms with Crippen molar-refractivity contribution in [3.63, 3.8) is 0 Å². The van der Waals surface area contributed by atoms with Crippen LogP contribution in [0.25, 0.3) is 0 Å². The van der Waals surface area contributed by atoms with E-state index in [4.69, 9.17) is 0 Å². The first-order valence-electron chi connectivity index (χ1n) is 5.49. The third kappa shape index (κ3) is 3.17. The average molecular weight is 192 g/mol. The fourth-order valence-electron chi connectivity index (χ4n) is 1.56. The van der Waals surface area contributed by atoms with Crippen LogP contribution in [0.5, 0.6) is 0 Å². The van der Waals surface area contributed by atoms with Crippen molar-refractivity contribution in [3.05, 3.63) is 34.9 Å². The van der Waals surface area contributed by atoms with Crippen LogP contribution in [0.15, 0.2) is 18.2 Å². The Morgan fingerprint density at radius 3 is 1.79 bits per heavy atom. The van der Waals surface area contributed by atoms with Crippen LogP contribution in [0.1, 0.15) is 51.3 Å². The van der Waals surface area contributed by atoms with Crippen molar-refractivity contribution >= 4 is 0 Å². The van der Waals surface area contributed by atoms with Crippen LogP contribution in [-0.4, -0.2) is 0 Å². The van der Waals surface area contributed by atoms with E-state index in [0.29, 0.717) is 0 Å². The molecule has 0 saturated heterocycles. The second-order valence-electron chi connectivity index (χ2n) is 4.50. The molecule has 0 N–H and O–H groups in total. The molecule has 0 aromatic heterocycles. The quantitative estimate of drug-likeness (QED) is 0.562. The summed E-state index contributed by atoms with van der Waals surface area (Å²) in [5.41, 5.74) is 4.56. The van der Waals surface area contributed by atoms with E-state index in [9.17, 15) is 0 Å². The summed E-state index contributed by atoms with van der Waals surface area (Å²) in [7, 11) is 0. The zero-order valence-electron chi connectivity index (χ0n) is 10.7. The van der Waals surface area contributed by atoms with Crippen LogP contribution >= 0.6 is 0 Å². The molecule has 0 unspecified atom stereocenters. The molecule has 0 saturated carbocycles. The van der Waals surface area contributed by atoms with Crippen molar-refractivity contribution < 1.29 is 0 Å². The Morgan fingerprint density at radius 2 is 1.43 bits per heavy atom. The van der Waals surface area contributed by atoms with E-state index >= 15 is 0 Å². The summed E-state index contributed by atoms with van der Waals surface area (Å²) in [4.78, 5) is 0. The SMILES string of the molecule is CC.Cc1cccc(C(C)(C)C)c1C. The largest absolute Gasteiger partial charge is 0.0683 e. The van der Waals surface area contributed by atoms with Gasteiger partial charge in [-0.1, -0.05) is 52.8 Å². The van der Waals surface area contributed by atoms with E-state index in [-0.39, 0.29) is 5.41 Å². The van der Waals surface area contributed by atoms with Crippen LogP contribution < -0.4 is 0 Å². The van der Waals surface area contributed by atoms with Crippen LogP contribution in [0.2, 0.25) is 0 Å². The summed E-state index contributed by atoms with van der Waals surface area (Å²) in [5, 5.41) is 0. The van der Waals surface area contributed by atoms with Gasteiger partial charge in [-0.05, 0) is 36.0 Å². The van der Waals surface area contributed by atoms with Gasteiger partial charge < -0.3 is 0 Å². The minimum Gasteiger partial charge on any atom is -0.0683 e. The van der Waals surface area contributed by atoms with Crippen molar-refractivity contribution in [1.82, 2.24) is 0 Å². The molecule has 80 valence electrons. The number of aryl methyl sites for hydroxylation is 1. The van der Waals surface area contributed by atoms with Crippen LogP contribution in [0.3, 0.4) is 0 Å². The van der Waals surface area contributed by atoms with Gasteiger partial charge in [-0.15, -0.1) is 0 Å². The lowest BCUT2D eigenvalue weighted by Gasteiger charge is -2.22. The van der Waals surface area contributed by atoms with E-state index in [0.717, 1.165) is 0 Å². The first-order valence-corrected chi connectivity index (χ1v) is 5.49. The minimum atomic E-state index is 0.274. The molecule has 0 spiro atoms. The van der Waals surface area contributed by atoms with E-state index in [1.807, 2.05) is 13.8 Å². The van der Waals surface area contributed by atoms with Gasteiger partial charge in [0.1, 0.15) is 0 Å². The maximum atomic E-state index is 2.26. The molecule has 0 bridgehead atoms. The average Bonchev–Trinajstić information content (AvgIpc) is 2.11.